The fraction of sp³-hybridized carbons (Fsp3) is 0.583. The molecule has 3 nitrogen and oxygen atoms in total. The van der Waals surface area contributed by atoms with Crippen molar-refractivity contribution in [3.05, 3.63) is 22.0 Å². The maximum absolute atomic E-state index is 4.34. The minimum Gasteiger partial charge on any atom is -0.369 e. The summed E-state index contributed by atoms with van der Waals surface area (Å²) in [6, 6.07) is 4.26. The van der Waals surface area contributed by atoms with E-state index in [2.05, 4.69) is 49.9 Å². The maximum Gasteiger partial charge on any atom is 0.101 e. The molecule has 1 spiro atoms. The Kier molecular flexibility index (Phi) is 2.79. The van der Waals surface area contributed by atoms with Gasteiger partial charge in [0.05, 0.1) is 11.9 Å². The molecule has 2 saturated heterocycles. The zero-order valence-corrected chi connectivity index (χ0v) is 11.4. The Balaban J connectivity index is 1.66. The van der Waals surface area contributed by atoms with Crippen molar-refractivity contribution in [3.63, 3.8) is 0 Å². The minimum atomic E-state index is 0.557. The fourth-order valence-electron chi connectivity index (χ4n) is 2.80. The summed E-state index contributed by atoms with van der Waals surface area (Å²) < 4.78 is 1.07. The highest BCUT2D eigenvalue weighted by Gasteiger charge is 2.43. The molecule has 0 saturated carbocycles. The number of halogens is 1. The Bertz CT molecular complexity index is 362. The van der Waals surface area contributed by atoms with Crippen LogP contribution in [0.15, 0.2) is 18.3 Å². The topological polar surface area (TPSA) is 28.2 Å². The zero-order valence-electron chi connectivity index (χ0n) is 9.25. The molecule has 0 radical (unpaired) electrons. The van der Waals surface area contributed by atoms with Crippen molar-refractivity contribution in [2.45, 2.75) is 12.8 Å². The molecular formula is C12H16IN3. The Hall–Kier alpha value is -0.360. The molecule has 4 heteroatoms. The lowest BCUT2D eigenvalue weighted by Gasteiger charge is -2.53. The molecule has 2 aliphatic heterocycles. The van der Waals surface area contributed by atoms with Gasteiger partial charge in [-0.05, 0) is 54.1 Å². The second-order valence-electron chi connectivity index (χ2n) is 4.98. The molecule has 0 bridgehead atoms. The Morgan fingerprint density at radius 1 is 1.38 bits per heavy atom. The number of rotatable bonds is 1. The van der Waals surface area contributed by atoms with Crippen LogP contribution in [0.4, 0.5) is 5.69 Å². The highest BCUT2D eigenvalue weighted by atomic mass is 127. The molecule has 1 aromatic heterocycles. The summed E-state index contributed by atoms with van der Waals surface area (Å²) >= 11 is 2.25. The van der Waals surface area contributed by atoms with Gasteiger partial charge in [0.15, 0.2) is 0 Å². The summed E-state index contributed by atoms with van der Waals surface area (Å²) in [5.41, 5.74) is 1.83. The van der Waals surface area contributed by atoms with E-state index in [-0.39, 0.29) is 0 Å². The molecule has 2 fully saturated rings. The number of aromatic nitrogens is 1. The Labute approximate surface area is 110 Å². The fourth-order valence-corrected chi connectivity index (χ4v) is 3.12. The summed E-state index contributed by atoms with van der Waals surface area (Å²) in [6.07, 6.45) is 4.71. The van der Waals surface area contributed by atoms with Crippen LogP contribution in [0.25, 0.3) is 0 Å². The van der Waals surface area contributed by atoms with Crippen molar-refractivity contribution in [3.8, 4) is 0 Å². The second kappa shape index (κ2) is 4.14. The summed E-state index contributed by atoms with van der Waals surface area (Å²) in [7, 11) is 0. The minimum absolute atomic E-state index is 0.557. The second-order valence-corrected chi connectivity index (χ2v) is 6.08. The van der Waals surface area contributed by atoms with E-state index in [1.54, 1.807) is 0 Å². The van der Waals surface area contributed by atoms with Gasteiger partial charge in [0.2, 0.25) is 0 Å². The van der Waals surface area contributed by atoms with E-state index in [0.717, 1.165) is 3.70 Å². The van der Waals surface area contributed by atoms with Gasteiger partial charge in [0.25, 0.3) is 0 Å². The summed E-state index contributed by atoms with van der Waals surface area (Å²) in [5.74, 6) is 0. The molecule has 0 unspecified atom stereocenters. The summed E-state index contributed by atoms with van der Waals surface area (Å²) in [5, 5.41) is 3.52. The van der Waals surface area contributed by atoms with E-state index in [1.807, 2.05) is 6.20 Å². The molecule has 86 valence electrons. The molecule has 0 atom stereocenters. The third-order valence-electron chi connectivity index (χ3n) is 3.69. The molecule has 0 aliphatic carbocycles. The highest BCUT2D eigenvalue weighted by molar-refractivity contribution is 14.1. The zero-order chi connectivity index (χ0) is 11.0. The third kappa shape index (κ3) is 1.93. The standard InChI is InChI=1S/C12H16IN3/c13-11-3-2-10(6-15-11)16-8-12(9-16)4-1-5-14-7-12/h2-3,6,14H,1,4-5,7-9H2. The van der Waals surface area contributed by atoms with E-state index in [4.69, 9.17) is 0 Å². The molecule has 0 amide bonds. The van der Waals surface area contributed by atoms with Crippen molar-refractivity contribution in [2.75, 3.05) is 31.1 Å². The lowest BCUT2D eigenvalue weighted by atomic mass is 9.74. The Morgan fingerprint density at radius 3 is 2.88 bits per heavy atom. The van der Waals surface area contributed by atoms with E-state index < -0.39 is 0 Å². The Morgan fingerprint density at radius 2 is 2.25 bits per heavy atom. The summed E-state index contributed by atoms with van der Waals surface area (Å²) in [6.45, 7) is 4.79. The van der Waals surface area contributed by atoms with E-state index in [9.17, 15) is 0 Å². The first-order chi connectivity index (χ1) is 7.77. The maximum atomic E-state index is 4.34. The number of nitrogens with zero attached hydrogens (tertiary/aromatic N) is 2. The quantitative estimate of drug-likeness (QED) is 0.630. The largest absolute Gasteiger partial charge is 0.369 e. The first kappa shape index (κ1) is 10.8. The van der Waals surface area contributed by atoms with Gasteiger partial charge in [-0.1, -0.05) is 0 Å². The average Bonchev–Trinajstić information content (AvgIpc) is 2.28. The molecule has 3 heterocycles. The van der Waals surface area contributed by atoms with Gasteiger partial charge in [-0.25, -0.2) is 4.98 Å². The molecule has 0 aromatic carbocycles. The number of nitrogens with one attached hydrogen (secondary N) is 1. The molecule has 2 aliphatic rings. The average molecular weight is 329 g/mol. The van der Waals surface area contributed by atoms with Crippen LogP contribution in [0.5, 0.6) is 0 Å². The van der Waals surface area contributed by atoms with Crippen molar-refractivity contribution in [1.29, 1.82) is 0 Å². The molecule has 1 N–H and O–H groups in total. The SMILES string of the molecule is Ic1ccc(N2CC3(CCCNC3)C2)cn1. The smallest absolute Gasteiger partial charge is 0.101 e. The highest BCUT2D eigenvalue weighted by Crippen LogP contribution is 2.38. The van der Waals surface area contributed by atoms with Crippen LogP contribution < -0.4 is 10.2 Å². The molecular weight excluding hydrogens is 313 g/mol. The van der Waals surface area contributed by atoms with Gasteiger partial charge in [0, 0.05) is 25.0 Å². The molecule has 3 rings (SSSR count). The lowest BCUT2D eigenvalue weighted by molar-refractivity contribution is 0.157. The van der Waals surface area contributed by atoms with Gasteiger partial charge in [-0.15, -0.1) is 0 Å². The van der Waals surface area contributed by atoms with Crippen LogP contribution >= 0.6 is 22.6 Å². The van der Waals surface area contributed by atoms with Gasteiger partial charge in [-0.2, -0.15) is 0 Å². The van der Waals surface area contributed by atoms with Gasteiger partial charge < -0.3 is 10.2 Å². The first-order valence-corrected chi connectivity index (χ1v) is 6.93. The van der Waals surface area contributed by atoms with E-state index in [1.165, 1.54) is 44.7 Å². The molecule has 16 heavy (non-hydrogen) atoms. The van der Waals surface area contributed by atoms with Crippen LogP contribution in [0.2, 0.25) is 0 Å². The van der Waals surface area contributed by atoms with Crippen molar-refractivity contribution in [2.24, 2.45) is 5.41 Å². The van der Waals surface area contributed by atoms with E-state index in [0.29, 0.717) is 5.41 Å². The first-order valence-electron chi connectivity index (χ1n) is 5.85. The lowest BCUT2D eigenvalue weighted by Crippen LogP contribution is -2.62. The van der Waals surface area contributed by atoms with Gasteiger partial charge in [-0.3, -0.25) is 0 Å². The number of pyridine rings is 1. The number of anilines is 1. The number of hydrogen-bond donors (Lipinski definition) is 1. The van der Waals surface area contributed by atoms with Crippen LogP contribution in [0.3, 0.4) is 0 Å². The number of hydrogen-bond acceptors (Lipinski definition) is 3. The van der Waals surface area contributed by atoms with Crippen LogP contribution in [0, 0.1) is 9.12 Å². The van der Waals surface area contributed by atoms with Crippen LogP contribution in [-0.2, 0) is 0 Å². The number of piperidine rings is 1. The predicted molar refractivity (Wildman–Crippen MR) is 73.7 cm³/mol. The third-order valence-corrected chi connectivity index (χ3v) is 4.33. The normalized spacial score (nSPS) is 23.2. The van der Waals surface area contributed by atoms with Gasteiger partial charge in [0.1, 0.15) is 3.70 Å². The van der Waals surface area contributed by atoms with Gasteiger partial charge >= 0.3 is 0 Å². The predicted octanol–water partition coefficient (Wildman–Crippen LogP) is 1.88. The molecule has 1 aromatic rings. The van der Waals surface area contributed by atoms with Crippen LogP contribution in [0.1, 0.15) is 12.8 Å². The van der Waals surface area contributed by atoms with E-state index >= 15 is 0 Å². The van der Waals surface area contributed by atoms with Crippen molar-refractivity contribution < 1.29 is 0 Å². The monoisotopic (exact) mass is 329 g/mol. The van der Waals surface area contributed by atoms with Crippen molar-refractivity contribution in [1.82, 2.24) is 10.3 Å². The van der Waals surface area contributed by atoms with Crippen molar-refractivity contribution >= 4 is 28.3 Å². The van der Waals surface area contributed by atoms with Crippen LogP contribution in [-0.4, -0.2) is 31.2 Å². The summed E-state index contributed by atoms with van der Waals surface area (Å²) in [4.78, 5) is 6.79.